The molecule has 0 aromatic heterocycles. The zero-order valence-electron chi connectivity index (χ0n) is 15.8. The number of carbonyl (C=O) groups is 1. The maximum Gasteiger partial charge on any atom is 0.233 e. The van der Waals surface area contributed by atoms with Crippen LogP contribution in [0, 0.1) is 0 Å². The maximum atomic E-state index is 13.5. The minimum absolute atomic E-state index is 0. The standard InChI is InChI=1S/C20H30ClN3O.ClH/c1-3-20(4-2,16-5-7-17(21)8-6-16)19(25)24-12-9-18(15-24)23-13-10-22-11-14-23;/h5-8,18,22H,3-4,9-15H2,1-2H3;1H. The Morgan fingerprint density at radius 3 is 2.35 bits per heavy atom. The average Bonchev–Trinajstić information content (AvgIpc) is 3.15. The van der Waals surface area contributed by atoms with Crippen LogP contribution in [0.2, 0.25) is 5.02 Å². The molecule has 2 heterocycles. The maximum absolute atomic E-state index is 13.5. The zero-order valence-corrected chi connectivity index (χ0v) is 17.4. The Kier molecular flexibility index (Phi) is 7.77. The van der Waals surface area contributed by atoms with Crippen LogP contribution in [0.3, 0.4) is 0 Å². The molecule has 0 bridgehead atoms. The highest BCUT2D eigenvalue weighted by atomic mass is 35.5. The van der Waals surface area contributed by atoms with Crippen LogP contribution in [0.4, 0.5) is 0 Å². The van der Waals surface area contributed by atoms with Crippen molar-refractivity contribution in [2.75, 3.05) is 39.3 Å². The van der Waals surface area contributed by atoms with Gasteiger partial charge in [-0.1, -0.05) is 37.6 Å². The summed E-state index contributed by atoms with van der Waals surface area (Å²) in [4.78, 5) is 18.2. The Bertz CT molecular complexity index is 583. The molecule has 2 aliphatic rings. The molecule has 1 amide bonds. The SMILES string of the molecule is CCC(CC)(C(=O)N1CCC(N2CCNCC2)C1)c1ccc(Cl)cc1.Cl. The van der Waals surface area contributed by atoms with Crippen LogP contribution in [0.1, 0.15) is 38.7 Å². The van der Waals surface area contributed by atoms with Gasteiger partial charge in [0.1, 0.15) is 0 Å². The summed E-state index contributed by atoms with van der Waals surface area (Å²) in [7, 11) is 0. The number of benzene rings is 1. The lowest BCUT2D eigenvalue weighted by Gasteiger charge is -2.36. The Balaban J connectivity index is 0.00000243. The average molecular weight is 400 g/mol. The predicted molar refractivity (Wildman–Crippen MR) is 110 cm³/mol. The first-order valence-electron chi connectivity index (χ1n) is 9.61. The molecule has 0 spiro atoms. The van der Waals surface area contributed by atoms with E-state index in [0.29, 0.717) is 6.04 Å². The molecule has 0 saturated carbocycles. The van der Waals surface area contributed by atoms with Crippen molar-refractivity contribution in [1.82, 2.24) is 15.1 Å². The first-order valence-corrected chi connectivity index (χ1v) is 9.98. The van der Waals surface area contributed by atoms with Gasteiger partial charge < -0.3 is 10.2 Å². The highest BCUT2D eigenvalue weighted by Crippen LogP contribution is 2.36. The van der Waals surface area contributed by atoms with Crippen molar-refractivity contribution < 1.29 is 4.79 Å². The number of halogens is 2. The van der Waals surface area contributed by atoms with Gasteiger partial charge >= 0.3 is 0 Å². The Morgan fingerprint density at radius 2 is 1.77 bits per heavy atom. The Labute approximate surface area is 168 Å². The molecule has 2 aliphatic heterocycles. The van der Waals surface area contributed by atoms with Crippen molar-refractivity contribution in [2.24, 2.45) is 0 Å². The van der Waals surface area contributed by atoms with E-state index in [1.165, 1.54) is 0 Å². The van der Waals surface area contributed by atoms with Crippen LogP contribution < -0.4 is 5.32 Å². The van der Waals surface area contributed by atoms with E-state index >= 15 is 0 Å². The summed E-state index contributed by atoms with van der Waals surface area (Å²) in [5.41, 5.74) is 0.667. The third kappa shape index (κ3) is 4.19. The van der Waals surface area contributed by atoms with E-state index in [2.05, 4.69) is 29.0 Å². The molecule has 2 fully saturated rings. The lowest BCUT2D eigenvalue weighted by molar-refractivity contribution is -0.137. The molecular weight excluding hydrogens is 369 g/mol. The molecule has 1 N–H and O–H groups in total. The van der Waals surface area contributed by atoms with Gasteiger partial charge in [0.2, 0.25) is 5.91 Å². The number of hydrogen-bond donors (Lipinski definition) is 1. The first-order chi connectivity index (χ1) is 12.1. The van der Waals surface area contributed by atoms with Crippen LogP contribution in [0.15, 0.2) is 24.3 Å². The minimum Gasteiger partial charge on any atom is -0.340 e. The van der Waals surface area contributed by atoms with E-state index in [0.717, 1.165) is 69.1 Å². The second-order valence-electron chi connectivity index (χ2n) is 7.28. The number of amides is 1. The molecule has 3 rings (SSSR count). The molecule has 0 radical (unpaired) electrons. The normalized spacial score (nSPS) is 21.5. The van der Waals surface area contributed by atoms with E-state index in [1.54, 1.807) is 0 Å². The van der Waals surface area contributed by atoms with E-state index < -0.39 is 5.41 Å². The summed E-state index contributed by atoms with van der Waals surface area (Å²) in [5.74, 6) is 0.289. The molecule has 1 atom stereocenters. The van der Waals surface area contributed by atoms with Crippen LogP contribution in [-0.2, 0) is 10.2 Å². The molecule has 0 aliphatic carbocycles. The number of nitrogens with zero attached hydrogens (tertiary/aromatic N) is 2. The smallest absolute Gasteiger partial charge is 0.233 e. The third-order valence-electron chi connectivity index (χ3n) is 6.13. The number of carbonyl (C=O) groups excluding carboxylic acids is 1. The van der Waals surface area contributed by atoms with Gasteiger partial charge in [-0.15, -0.1) is 12.4 Å². The number of rotatable bonds is 5. The van der Waals surface area contributed by atoms with Gasteiger partial charge in [-0.3, -0.25) is 9.69 Å². The monoisotopic (exact) mass is 399 g/mol. The zero-order chi connectivity index (χ0) is 17.9. The fourth-order valence-corrected chi connectivity index (χ4v) is 4.55. The van der Waals surface area contributed by atoms with E-state index in [9.17, 15) is 4.79 Å². The van der Waals surface area contributed by atoms with Gasteiger partial charge in [0.05, 0.1) is 5.41 Å². The summed E-state index contributed by atoms with van der Waals surface area (Å²) >= 11 is 6.05. The molecule has 4 nitrogen and oxygen atoms in total. The molecule has 1 aromatic rings. The summed E-state index contributed by atoms with van der Waals surface area (Å²) in [5, 5.41) is 4.13. The topological polar surface area (TPSA) is 35.6 Å². The van der Waals surface area contributed by atoms with Gasteiger partial charge in [-0.2, -0.15) is 0 Å². The van der Waals surface area contributed by atoms with Crippen molar-refractivity contribution in [1.29, 1.82) is 0 Å². The largest absolute Gasteiger partial charge is 0.340 e. The van der Waals surface area contributed by atoms with Crippen LogP contribution in [0.25, 0.3) is 0 Å². The summed E-state index contributed by atoms with van der Waals surface area (Å²) < 4.78 is 0. The van der Waals surface area contributed by atoms with Gasteiger partial charge in [-0.25, -0.2) is 0 Å². The quantitative estimate of drug-likeness (QED) is 0.824. The van der Waals surface area contributed by atoms with Crippen LogP contribution in [0.5, 0.6) is 0 Å². The van der Waals surface area contributed by atoms with E-state index in [-0.39, 0.29) is 18.3 Å². The van der Waals surface area contributed by atoms with Gasteiger partial charge in [0, 0.05) is 50.3 Å². The summed E-state index contributed by atoms with van der Waals surface area (Å²) in [6.07, 6.45) is 2.73. The van der Waals surface area contributed by atoms with E-state index in [4.69, 9.17) is 11.6 Å². The number of hydrogen-bond acceptors (Lipinski definition) is 3. The number of piperazine rings is 1. The molecule has 6 heteroatoms. The second kappa shape index (κ2) is 9.41. The molecule has 26 heavy (non-hydrogen) atoms. The van der Waals surface area contributed by atoms with Crippen molar-refractivity contribution >= 4 is 29.9 Å². The lowest BCUT2D eigenvalue weighted by atomic mass is 9.74. The fourth-order valence-electron chi connectivity index (χ4n) is 4.43. The molecule has 1 aromatic carbocycles. The predicted octanol–water partition coefficient (Wildman–Crippen LogP) is 3.33. The van der Waals surface area contributed by atoms with Crippen molar-refractivity contribution in [2.45, 2.75) is 44.6 Å². The van der Waals surface area contributed by atoms with Crippen molar-refractivity contribution in [3.05, 3.63) is 34.9 Å². The highest BCUT2D eigenvalue weighted by molar-refractivity contribution is 6.30. The second-order valence-corrected chi connectivity index (χ2v) is 7.71. The van der Waals surface area contributed by atoms with Gasteiger partial charge in [0.25, 0.3) is 0 Å². The Morgan fingerprint density at radius 1 is 1.15 bits per heavy atom. The fraction of sp³-hybridized carbons (Fsp3) is 0.650. The molecule has 1 unspecified atom stereocenters. The lowest BCUT2D eigenvalue weighted by Crippen LogP contribution is -2.50. The molecule has 146 valence electrons. The van der Waals surface area contributed by atoms with Crippen LogP contribution in [-0.4, -0.2) is 61.0 Å². The third-order valence-corrected chi connectivity index (χ3v) is 6.38. The number of likely N-dealkylation sites (tertiary alicyclic amines) is 1. The van der Waals surface area contributed by atoms with E-state index in [1.807, 2.05) is 24.3 Å². The van der Waals surface area contributed by atoms with Gasteiger partial charge in [-0.05, 0) is 37.0 Å². The Hall–Kier alpha value is -0.810. The minimum atomic E-state index is -0.428. The van der Waals surface area contributed by atoms with Crippen molar-refractivity contribution in [3.8, 4) is 0 Å². The summed E-state index contributed by atoms with van der Waals surface area (Å²) in [6, 6.07) is 8.37. The number of nitrogens with one attached hydrogen (secondary N) is 1. The van der Waals surface area contributed by atoms with Gasteiger partial charge in [0.15, 0.2) is 0 Å². The highest BCUT2D eigenvalue weighted by Gasteiger charge is 2.42. The molecular formula is C20H31Cl2N3O. The molecule has 2 saturated heterocycles. The summed E-state index contributed by atoms with van der Waals surface area (Å²) in [6.45, 7) is 10.3. The first kappa shape index (κ1) is 21.5. The van der Waals surface area contributed by atoms with Crippen LogP contribution >= 0.6 is 24.0 Å². The van der Waals surface area contributed by atoms with Crippen molar-refractivity contribution in [3.63, 3.8) is 0 Å².